The van der Waals surface area contributed by atoms with Crippen LogP contribution in [0.5, 0.6) is 5.75 Å². The zero-order valence-corrected chi connectivity index (χ0v) is 12.4. The fourth-order valence-corrected chi connectivity index (χ4v) is 2.32. The average molecular weight is 270 g/mol. The van der Waals surface area contributed by atoms with Crippen LogP contribution in [0.4, 0.5) is 0 Å². The summed E-state index contributed by atoms with van der Waals surface area (Å²) in [5.74, 6) is 0.914. The lowest BCUT2D eigenvalue weighted by Crippen LogP contribution is -2.20. The molecule has 0 saturated carbocycles. The molecule has 2 aromatic rings. The van der Waals surface area contributed by atoms with Gasteiger partial charge in [0, 0.05) is 29.9 Å². The number of hydrogen-bond donors (Lipinski definition) is 1. The normalized spacial score (nSPS) is 12.2. The molecule has 20 heavy (non-hydrogen) atoms. The van der Waals surface area contributed by atoms with Crippen molar-refractivity contribution >= 4 is 0 Å². The van der Waals surface area contributed by atoms with E-state index in [9.17, 15) is 0 Å². The van der Waals surface area contributed by atoms with Crippen molar-refractivity contribution in [2.24, 2.45) is 0 Å². The van der Waals surface area contributed by atoms with E-state index in [1.165, 1.54) is 11.1 Å². The average Bonchev–Trinajstić information content (AvgIpc) is 2.53. The molecular formula is C17H22N2O. The SMILES string of the molecule is CCc1ccc(CC(NC)c2ccccc2OC)nc1. The van der Waals surface area contributed by atoms with E-state index >= 15 is 0 Å². The van der Waals surface area contributed by atoms with Crippen molar-refractivity contribution in [2.45, 2.75) is 25.8 Å². The summed E-state index contributed by atoms with van der Waals surface area (Å²) in [4.78, 5) is 4.54. The van der Waals surface area contributed by atoms with Crippen LogP contribution in [0.2, 0.25) is 0 Å². The van der Waals surface area contributed by atoms with Gasteiger partial charge in [-0.25, -0.2) is 0 Å². The molecule has 0 aliphatic carbocycles. The smallest absolute Gasteiger partial charge is 0.123 e. The summed E-state index contributed by atoms with van der Waals surface area (Å²) in [5, 5.41) is 3.35. The summed E-state index contributed by atoms with van der Waals surface area (Å²) >= 11 is 0. The minimum atomic E-state index is 0.200. The van der Waals surface area contributed by atoms with Crippen molar-refractivity contribution < 1.29 is 4.74 Å². The molecule has 2 rings (SSSR count). The number of hydrogen-bond acceptors (Lipinski definition) is 3. The predicted octanol–water partition coefficient (Wildman–Crippen LogP) is 3.16. The summed E-state index contributed by atoms with van der Waals surface area (Å²) < 4.78 is 5.44. The summed E-state index contributed by atoms with van der Waals surface area (Å²) in [5.41, 5.74) is 3.53. The molecule has 0 aliphatic rings. The quantitative estimate of drug-likeness (QED) is 0.875. The van der Waals surface area contributed by atoms with Crippen LogP contribution in [0.25, 0.3) is 0 Å². The molecule has 1 heterocycles. The standard InChI is InChI=1S/C17H22N2O/c1-4-13-9-10-14(19-12-13)11-16(18-2)15-7-5-6-8-17(15)20-3/h5-10,12,16,18H,4,11H2,1-3H3. The highest BCUT2D eigenvalue weighted by Crippen LogP contribution is 2.26. The maximum absolute atomic E-state index is 5.44. The van der Waals surface area contributed by atoms with Crippen LogP contribution in [-0.4, -0.2) is 19.1 Å². The number of likely N-dealkylation sites (N-methyl/N-ethyl adjacent to an activating group) is 1. The van der Waals surface area contributed by atoms with Crippen molar-refractivity contribution in [3.63, 3.8) is 0 Å². The Balaban J connectivity index is 2.19. The van der Waals surface area contributed by atoms with Gasteiger partial charge >= 0.3 is 0 Å². The summed E-state index contributed by atoms with van der Waals surface area (Å²) in [6.45, 7) is 2.14. The fraction of sp³-hybridized carbons (Fsp3) is 0.353. The molecule has 0 spiro atoms. The molecule has 0 amide bonds. The Morgan fingerprint density at radius 1 is 1.20 bits per heavy atom. The third-order valence-electron chi connectivity index (χ3n) is 3.57. The third kappa shape index (κ3) is 3.36. The Labute approximate surface area is 121 Å². The van der Waals surface area contributed by atoms with Gasteiger partial charge < -0.3 is 10.1 Å². The van der Waals surface area contributed by atoms with Gasteiger partial charge in [-0.1, -0.05) is 31.2 Å². The predicted molar refractivity (Wildman–Crippen MR) is 82.1 cm³/mol. The van der Waals surface area contributed by atoms with E-state index in [-0.39, 0.29) is 6.04 Å². The number of benzene rings is 1. The minimum Gasteiger partial charge on any atom is -0.496 e. The zero-order valence-electron chi connectivity index (χ0n) is 12.4. The third-order valence-corrected chi connectivity index (χ3v) is 3.57. The molecular weight excluding hydrogens is 248 g/mol. The molecule has 0 bridgehead atoms. The number of rotatable bonds is 6. The monoisotopic (exact) mass is 270 g/mol. The first-order valence-corrected chi connectivity index (χ1v) is 7.02. The van der Waals surface area contributed by atoms with Crippen molar-refractivity contribution in [3.05, 3.63) is 59.4 Å². The van der Waals surface area contributed by atoms with Crippen LogP contribution in [0.1, 0.15) is 29.8 Å². The molecule has 1 aromatic heterocycles. The number of nitrogens with zero attached hydrogens (tertiary/aromatic N) is 1. The van der Waals surface area contributed by atoms with Crippen molar-refractivity contribution in [1.82, 2.24) is 10.3 Å². The number of pyridine rings is 1. The van der Waals surface area contributed by atoms with Gasteiger partial charge in [-0.2, -0.15) is 0 Å². The Morgan fingerprint density at radius 3 is 2.60 bits per heavy atom. The summed E-state index contributed by atoms with van der Waals surface area (Å²) in [7, 11) is 3.68. The second-order valence-corrected chi connectivity index (χ2v) is 4.80. The van der Waals surface area contributed by atoms with Crippen LogP contribution in [0.15, 0.2) is 42.6 Å². The Hall–Kier alpha value is -1.87. The largest absolute Gasteiger partial charge is 0.496 e. The summed E-state index contributed by atoms with van der Waals surface area (Å²) in [6, 6.07) is 12.6. The van der Waals surface area contributed by atoms with Gasteiger partial charge in [0.2, 0.25) is 0 Å². The van der Waals surface area contributed by atoms with E-state index in [0.29, 0.717) is 0 Å². The first-order valence-electron chi connectivity index (χ1n) is 7.02. The maximum Gasteiger partial charge on any atom is 0.123 e. The van der Waals surface area contributed by atoms with E-state index in [2.05, 4.69) is 35.4 Å². The van der Waals surface area contributed by atoms with Gasteiger partial charge in [-0.15, -0.1) is 0 Å². The Kier molecular flexibility index (Phi) is 5.13. The second-order valence-electron chi connectivity index (χ2n) is 4.80. The molecule has 0 aliphatic heterocycles. The maximum atomic E-state index is 5.44. The molecule has 3 heteroatoms. The lowest BCUT2D eigenvalue weighted by molar-refractivity contribution is 0.401. The van der Waals surface area contributed by atoms with Crippen molar-refractivity contribution in [2.75, 3.05) is 14.2 Å². The number of ether oxygens (including phenoxy) is 1. The highest BCUT2D eigenvalue weighted by atomic mass is 16.5. The summed E-state index contributed by atoms with van der Waals surface area (Å²) in [6.07, 6.45) is 3.83. The highest BCUT2D eigenvalue weighted by Gasteiger charge is 2.15. The topological polar surface area (TPSA) is 34.1 Å². The number of aryl methyl sites for hydroxylation is 1. The molecule has 1 aromatic carbocycles. The second kappa shape index (κ2) is 7.06. The lowest BCUT2D eigenvalue weighted by Gasteiger charge is -2.19. The van der Waals surface area contributed by atoms with Crippen LogP contribution in [-0.2, 0) is 12.8 Å². The molecule has 0 fully saturated rings. The number of para-hydroxylation sites is 1. The van der Waals surface area contributed by atoms with Crippen molar-refractivity contribution in [1.29, 1.82) is 0 Å². The van der Waals surface area contributed by atoms with Gasteiger partial charge in [0.15, 0.2) is 0 Å². The number of aromatic nitrogens is 1. The van der Waals surface area contributed by atoms with E-state index in [0.717, 1.165) is 24.3 Å². The van der Waals surface area contributed by atoms with Gasteiger partial charge in [-0.3, -0.25) is 4.98 Å². The van der Waals surface area contributed by atoms with Crippen LogP contribution in [0, 0.1) is 0 Å². The highest BCUT2D eigenvalue weighted by molar-refractivity contribution is 5.36. The first kappa shape index (κ1) is 14.5. The zero-order chi connectivity index (χ0) is 14.4. The van der Waals surface area contributed by atoms with Gasteiger partial charge in [0.25, 0.3) is 0 Å². The molecule has 0 saturated heterocycles. The lowest BCUT2D eigenvalue weighted by atomic mass is 10.0. The van der Waals surface area contributed by atoms with Crippen molar-refractivity contribution in [3.8, 4) is 5.75 Å². The molecule has 3 nitrogen and oxygen atoms in total. The van der Waals surface area contributed by atoms with Gasteiger partial charge in [0.05, 0.1) is 7.11 Å². The van der Waals surface area contributed by atoms with Gasteiger partial charge in [-0.05, 0) is 31.2 Å². The van der Waals surface area contributed by atoms with E-state index in [1.807, 2.05) is 31.4 Å². The van der Waals surface area contributed by atoms with E-state index in [1.54, 1.807) is 7.11 Å². The van der Waals surface area contributed by atoms with E-state index < -0.39 is 0 Å². The van der Waals surface area contributed by atoms with Crippen LogP contribution >= 0.6 is 0 Å². The molecule has 106 valence electrons. The Morgan fingerprint density at radius 2 is 2.00 bits per heavy atom. The first-order chi connectivity index (χ1) is 9.78. The molecule has 1 N–H and O–H groups in total. The number of methoxy groups -OCH3 is 1. The molecule has 1 unspecified atom stereocenters. The van der Waals surface area contributed by atoms with Gasteiger partial charge in [0.1, 0.15) is 5.75 Å². The molecule has 0 radical (unpaired) electrons. The minimum absolute atomic E-state index is 0.200. The number of nitrogens with one attached hydrogen (secondary N) is 1. The van der Waals surface area contributed by atoms with E-state index in [4.69, 9.17) is 4.74 Å². The Bertz CT molecular complexity index is 537. The fourth-order valence-electron chi connectivity index (χ4n) is 2.32. The molecule has 1 atom stereocenters. The van der Waals surface area contributed by atoms with Crippen LogP contribution in [0.3, 0.4) is 0 Å². The van der Waals surface area contributed by atoms with Crippen LogP contribution < -0.4 is 10.1 Å².